The summed E-state index contributed by atoms with van der Waals surface area (Å²) in [6.45, 7) is 1.20. The minimum absolute atomic E-state index is 0.0187. The molecule has 7 rings (SSSR count). The lowest BCUT2D eigenvalue weighted by Gasteiger charge is -2.56. The highest BCUT2D eigenvalue weighted by atomic mass is 32.1. The Bertz CT molecular complexity index is 680. The van der Waals surface area contributed by atoms with E-state index in [1.54, 1.807) is 0 Å². The predicted molar refractivity (Wildman–Crippen MR) is 112 cm³/mol. The summed E-state index contributed by atoms with van der Waals surface area (Å²) in [7, 11) is 0. The third-order valence-electron chi connectivity index (χ3n) is 9.11. The maximum absolute atomic E-state index is 13.5. The van der Waals surface area contributed by atoms with E-state index < -0.39 is 0 Å². The first kappa shape index (κ1) is 17.9. The molecular weight excluding hydrogens is 364 g/mol. The highest BCUT2D eigenvalue weighted by Crippen LogP contribution is 2.60. The van der Waals surface area contributed by atoms with Gasteiger partial charge in [-0.05, 0) is 87.0 Å². The Morgan fingerprint density at radius 3 is 2.25 bits per heavy atom. The Morgan fingerprint density at radius 1 is 1.04 bits per heavy atom. The molecule has 2 aliphatic heterocycles. The van der Waals surface area contributed by atoms with Crippen molar-refractivity contribution < 1.29 is 9.69 Å². The van der Waals surface area contributed by atoms with Crippen LogP contribution in [0.2, 0.25) is 0 Å². The minimum atomic E-state index is 0.0187. The standard InChI is InChI=1S/C24H34N2OS/c27-23(24-12-16-7-17(13-24)9-18(8-16)14-24)25-19-10-20-3-1-4-21(11-19)26(20)15-22-5-2-6-28-22/h2,5-6,16-21H,1,3-4,7-15H2,(H,25,27)/p+1/t16?,17?,18?,19?,20-,21+,24?. The van der Waals surface area contributed by atoms with E-state index in [4.69, 9.17) is 0 Å². The maximum atomic E-state index is 13.5. The van der Waals surface area contributed by atoms with E-state index in [0.717, 1.165) is 29.8 Å². The number of thiophene rings is 1. The third kappa shape index (κ3) is 3.06. The molecule has 6 fully saturated rings. The number of rotatable bonds is 4. The van der Waals surface area contributed by atoms with E-state index >= 15 is 0 Å². The van der Waals surface area contributed by atoms with E-state index in [-0.39, 0.29) is 5.41 Å². The molecule has 28 heavy (non-hydrogen) atoms. The number of carbonyl (C=O) groups excluding carboxylic acids is 1. The Labute approximate surface area is 173 Å². The Hall–Kier alpha value is -0.870. The van der Waals surface area contributed by atoms with E-state index in [1.165, 1.54) is 82.1 Å². The van der Waals surface area contributed by atoms with Gasteiger partial charge in [-0.25, -0.2) is 0 Å². The van der Waals surface area contributed by atoms with Gasteiger partial charge in [0.25, 0.3) is 0 Å². The zero-order valence-corrected chi connectivity index (χ0v) is 17.8. The first-order valence-corrected chi connectivity index (χ1v) is 12.7. The lowest BCUT2D eigenvalue weighted by Crippen LogP contribution is -3.20. The van der Waals surface area contributed by atoms with Crippen LogP contribution in [-0.2, 0) is 11.3 Å². The zero-order chi connectivity index (χ0) is 18.7. The minimum Gasteiger partial charge on any atom is -0.352 e. The summed E-state index contributed by atoms with van der Waals surface area (Å²) in [5.74, 6) is 3.02. The topological polar surface area (TPSA) is 33.5 Å². The van der Waals surface area contributed by atoms with Crippen molar-refractivity contribution in [2.75, 3.05) is 0 Å². The SMILES string of the molecule is O=C(NC1C[C@H]2CCC[C@@H](C1)[NH+]2Cc1cccs1)C12CC3CC(CC(C3)C1)C2. The molecular formula is C24H35N2OS+. The van der Waals surface area contributed by atoms with Gasteiger partial charge in [0.15, 0.2) is 0 Å². The van der Waals surface area contributed by atoms with Crippen LogP contribution in [0.1, 0.15) is 75.5 Å². The molecule has 1 aromatic rings. The van der Waals surface area contributed by atoms with Crippen LogP contribution >= 0.6 is 11.3 Å². The predicted octanol–water partition coefficient (Wildman–Crippen LogP) is 3.55. The molecule has 2 unspecified atom stereocenters. The molecule has 2 N–H and O–H groups in total. The Kier molecular flexibility index (Phi) is 4.38. The number of fused-ring (bicyclic) bond motifs is 2. The molecule has 3 heterocycles. The monoisotopic (exact) mass is 399 g/mol. The first-order valence-electron chi connectivity index (χ1n) is 11.9. The van der Waals surface area contributed by atoms with Crippen molar-refractivity contribution in [2.24, 2.45) is 23.2 Å². The van der Waals surface area contributed by atoms with Gasteiger partial charge in [-0.3, -0.25) is 4.79 Å². The summed E-state index contributed by atoms with van der Waals surface area (Å²) >= 11 is 1.91. The largest absolute Gasteiger partial charge is 0.352 e. The lowest BCUT2D eigenvalue weighted by atomic mass is 9.49. The number of piperidine rings is 2. The maximum Gasteiger partial charge on any atom is 0.226 e. The number of hydrogen-bond acceptors (Lipinski definition) is 2. The second-order valence-corrected chi connectivity index (χ2v) is 12.0. The Morgan fingerprint density at radius 2 is 1.68 bits per heavy atom. The van der Waals surface area contributed by atoms with Gasteiger partial charge < -0.3 is 10.2 Å². The molecule has 6 aliphatic rings. The fourth-order valence-corrected chi connectivity index (χ4v) is 9.12. The second kappa shape index (κ2) is 6.84. The number of amides is 1. The van der Waals surface area contributed by atoms with Gasteiger partial charge in [-0.1, -0.05) is 6.07 Å². The number of nitrogens with one attached hydrogen (secondary N) is 2. The van der Waals surface area contributed by atoms with Crippen molar-refractivity contribution in [1.82, 2.24) is 5.32 Å². The van der Waals surface area contributed by atoms with E-state index in [2.05, 4.69) is 22.8 Å². The van der Waals surface area contributed by atoms with Crippen molar-refractivity contribution in [3.05, 3.63) is 22.4 Å². The van der Waals surface area contributed by atoms with Crippen LogP contribution in [0.25, 0.3) is 0 Å². The molecule has 4 heteroatoms. The zero-order valence-electron chi connectivity index (χ0n) is 17.0. The molecule has 0 aromatic carbocycles. The highest BCUT2D eigenvalue weighted by Gasteiger charge is 2.55. The van der Waals surface area contributed by atoms with E-state index in [0.29, 0.717) is 11.9 Å². The van der Waals surface area contributed by atoms with Gasteiger partial charge in [-0.2, -0.15) is 0 Å². The summed E-state index contributed by atoms with van der Waals surface area (Å²) in [6, 6.07) is 6.41. The normalized spacial score (nSPS) is 46.5. The van der Waals surface area contributed by atoms with Crippen molar-refractivity contribution >= 4 is 17.2 Å². The van der Waals surface area contributed by atoms with Crippen LogP contribution in [0.4, 0.5) is 0 Å². The van der Waals surface area contributed by atoms with Crippen LogP contribution < -0.4 is 10.2 Å². The summed E-state index contributed by atoms with van der Waals surface area (Å²) < 4.78 is 0. The smallest absolute Gasteiger partial charge is 0.226 e. The molecule has 4 saturated carbocycles. The summed E-state index contributed by atoms with van der Waals surface area (Å²) in [6.07, 6.45) is 14.3. The first-order chi connectivity index (χ1) is 13.7. The Balaban J connectivity index is 1.14. The van der Waals surface area contributed by atoms with Crippen LogP contribution in [0.5, 0.6) is 0 Å². The quantitative estimate of drug-likeness (QED) is 0.798. The van der Waals surface area contributed by atoms with Crippen LogP contribution in [0, 0.1) is 23.2 Å². The van der Waals surface area contributed by atoms with E-state index in [1.807, 2.05) is 16.2 Å². The highest BCUT2D eigenvalue weighted by molar-refractivity contribution is 7.09. The molecule has 4 aliphatic carbocycles. The van der Waals surface area contributed by atoms with Gasteiger partial charge >= 0.3 is 0 Å². The average molecular weight is 400 g/mol. The van der Waals surface area contributed by atoms with Gasteiger partial charge in [-0.15, -0.1) is 11.3 Å². The van der Waals surface area contributed by atoms with Crippen LogP contribution in [0.3, 0.4) is 0 Å². The summed E-state index contributed by atoms with van der Waals surface area (Å²) in [5, 5.41) is 5.85. The summed E-state index contributed by atoms with van der Waals surface area (Å²) in [5.41, 5.74) is 0.0187. The molecule has 4 atom stereocenters. The molecule has 152 valence electrons. The average Bonchev–Trinajstić information content (AvgIpc) is 3.14. The number of carbonyl (C=O) groups is 1. The fraction of sp³-hybridized carbons (Fsp3) is 0.792. The van der Waals surface area contributed by atoms with Crippen molar-refractivity contribution in [3.8, 4) is 0 Å². The fourth-order valence-electron chi connectivity index (χ4n) is 8.38. The molecule has 0 spiro atoms. The second-order valence-electron chi connectivity index (χ2n) is 11.0. The molecule has 1 aromatic heterocycles. The van der Waals surface area contributed by atoms with Crippen LogP contribution in [0.15, 0.2) is 17.5 Å². The van der Waals surface area contributed by atoms with Gasteiger partial charge in [0, 0.05) is 24.3 Å². The number of hydrogen-bond donors (Lipinski definition) is 2. The molecule has 2 saturated heterocycles. The van der Waals surface area contributed by atoms with Gasteiger partial charge in [0.2, 0.25) is 5.91 Å². The summed E-state index contributed by atoms with van der Waals surface area (Å²) in [4.78, 5) is 16.9. The van der Waals surface area contributed by atoms with Crippen molar-refractivity contribution in [2.45, 2.75) is 95.3 Å². The van der Waals surface area contributed by atoms with Crippen molar-refractivity contribution in [3.63, 3.8) is 0 Å². The van der Waals surface area contributed by atoms with E-state index in [9.17, 15) is 4.79 Å². The molecule has 1 amide bonds. The van der Waals surface area contributed by atoms with Crippen LogP contribution in [-0.4, -0.2) is 24.0 Å². The molecule has 6 bridgehead atoms. The molecule has 3 nitrogen and oxygen atoms in total. The number of quaternary nitrogens is 1. The lowest BCUT2D eigenvalue weighted by molar-refractivity contribution is -0.973. The van der Waals surface area contributed by atoms with Crippen molar-refractivity contribution in [1.29, 1.82) is 0 Å². The third-order valence-corrected chi connectivity index (χ3v) is 9.98. The van der Waals surface area contributed by atoms with Gasteiger partial charge in [0.1, 0.15) is 6.54 Å². The molecule has 0 radical (unpaired) electrons. The van der Waals surface area contributed by atoms with Gasteiger partial charge in [0.05, 0.1) is 17.0 Å².